The third-order valence-electron chi connectivity index (χ3n) is 3.26. The molecule has 6 nitrogen and oxygen atoms in total. The highest BCUT2D eigenvalue weighted by molar-refractivity contribution is 6.10. The fraction of sp³-hybridized carbons (Fsp3) is 0.133. The number of phenolic OH excluding ortho intramolecular Hbond substituents is 1. The van der Waals surface area contributed by atoms with E-state index in [-0.39, 0.29) is 11.7 Å². The van der Waals surface area contributed by atoms with Gasteiger partial charge < -0.3 is 10.0 Å². The molecule has 0 atom stereocenters. The highest BCUT2D eigenvalue weighted by Gasteiger charge is 2.20. The number of benzene rings is 1. The van der Waals surface area contributed by atoms with Gasteiger partial charge >= 0.3 is 0 Å². The van der Waals surface area contributed by atoms with Crippen LogP contribution in [0.1, 0.15) is 17.3 Å². The van der Waals surface area contributed by atoms with Gasteiger partial charge in [-0.05, 0) is 19.1 Å². The molecule has 3 rings (SSSR count). The maximum absolute atomic E-state index is 12.7. The first kappa shape index (κ1) is 13.1. The number of hydrogen-bond donors (Lipinski definition) is 1. The number of phenols is 1. The van der Waals surface area contributed by atoms with Gasteiger partial charge in [-0.3, -0.25) is 9.78 Å². The van der Waals surface area contributed by atoms with Gasteiger partial charge in [0, 0.05) is 30.7 Å². The molecule has 0 bridgehead atoms. The van der Waals surface area contributed by atoms with Crippen molar-refractivity contribution in [3.8, 4) is 5.75 Å². The fourth-order valence-electron chi connectivity index (χ4n) is 2.25. The number of anilines is 1. The lowest BCUT2D eigenvalue weighted by Crippen LogP contribution is -2.30. The molecule has 0 radical (unpaired) electrons. The fourth-order valence-corrected chi connectivity index (χ4v) is 2.25. The first-order valence-electron chi connectivity index (χ1n) is 6.59. The number of rotatable bonds is 3. The first-order chi connectivity index (χ1) is 10.2. The second kappa shape index (κ2) is 5.24. The Morgan fingerprint density at radius 1 is 1.38 bits per heavy atom. The van der Waals surface area contributed by atoms with E-state index < -0.39 is 0 Å². The monoisotopic (exact) mass is 282 g/mol. The summed E-state index contributed by atoms with van der Waals surface area (Å²) in [4.78, 5) is 18.3. The molecule has 0 saturated carbocycles. The molecule has 0 aliphatic rings. The summed E-state index contributed by atoms with van der Waals surface area (Å²) in [6, 6.07) is 6.62. The molecule has 0 spiro atoms. The van der Waals surface area contributed by atoms with Crippen LogP contribution in [-0.2, 0) is 0 Å². The van der Waals surface area contributed by atoms with E-state index in [2.05, 4.69) is 10.1 Å². The lowest BCUT2D eigenvalue weighted by Gasteiger charge is -2.20. The van der Waals surface area contributed by atoms with Crippen molar-refractivity contribution < 1.29 is 9.90 Å². The van der Waals surface area contributed by atoms with Crippen LogP contribution in [0.25, 0.3) is 5.52 Å². The van der Waals surface area contributed by atoms with Crippen LogP contribution in [0.4, 0.5) is 5.69 Å². The van der Waals surface area contributed by atoms with Crippen molar-refractivity contribution in [2.24, 2.45) is 0 Å². The Morgan fingerprint density at radius 3 is 3.00 bits per heavy atom. The van der Waals surface area contributed by atoms with Crippen LogP contribution >= 0.6 is 0 Å². The normalized spacial score (nSPS) is 10.7. The molecule has 0 fully saturated rings. The van der Waals surface area contributed by atoms with Gasteiger partial charge in [0.15, 0.2) is 0 Å². The number of fused-ring (bicyclic) bond motifs is 1. The Kier molecular flexibility index (Phi) is 3.27. The highest BCUT2D eigenvalue weighted by atomic mass is 16.3. The lowest BCUT2D eigenvalue weighted by atomic mass is 10.2. The molecular weight excluding hydrogens is 268 g/mol. The standard InChI is InChI=1S/C15H14N4O2/c1-2-18(11-4-3-5-12(20)8-11)15(21)13-9-17-19-7-6-16-10-14(13)19/h3-10,20H,2H2,1H3. The molecule has 0 aliphatic heterocycles. The molecule has 3 aromatic rings. The van der Waals surface area contributed by atoms with E-state index in [1.165, 1.54) is 6.20 Å². The van der Waals surface area contributed by atoms with Crippen molar-refractivity contribution >= 4 is 17.1 Å². The second-order valence-corrected chi connectivity index (χ2v) is 4.53. The summed E-state index contributed by atoms with van der Waals surface area (Å²) < 4.78 is 1.61. The molecule has 0 aliphatic carbocycles. The van der Waals surface area contributed by atoms with E-state index in [4.69, 9.17) is 0 Å². The van der Waals surface area contributed by atoms with Crippen molar-refractivity contribution in [1.82, 2.24) is 14.6 Å². The van der Waals surface area contributed by atoms with E-state index >= 15 is 0 Å². The minimum absolute atomic E-state index is 0.125. The molecule has 6 heteroatoms. The number of amides is 1. The van der Waals surface area contributed by atoms with Crippen LogP contribution in [0.2, 0.25) is 0 Å². The van der Waals surface area contributed by atoms with Gasteiger partial charge in [0.1, 0.15) is 5.75 Å². The maximum atomic E-state index is 12.7. The Hall–Kier alpha value is -2.89. The smallest absolute Gasteiger partial charge is 0.262 e. The molecule has 1 aromatic carbocycles. The highest BCUT2D eigenvalue weighted by Crippen LogP contribution is 2.22. The van der Waals surface area contributed by atoms with Crippen molar-refractivity contribution in [1.29, 1.82) is 0 Å². The van der Waals surface area contributed by atoms with Crippen LogP contribution in [-0.4, -0.2) is 32.2 Å². The van der Waals surface area contributed by atoms with Crippen LogP contribution in [0.3, 0.4) is 0 Å². The van der Waals surface area contributed by atoms with E-state index in [1.54, 1.807) is 52.3 Å². The van der Waals surface area contributed by atoms with Gasteiger partial charge in [0.05, 0.1) is 23.5 Å². The molecule has 1 N–H and O–H groups in total. The predicted octanol–water partition coefficient (Wildman–Crippen LogP) is 2.10. The number of carbonyl (C=O) groups excluding carboxylic acids is 1. The summed E-state index contributed by atoms with van der Waals surface area (Å²) >= 11 is 0. The SMILES string of the molecule is CCN(C(=O)c1cnn2ccncc12)c1cccc(O)c1. The number of nitrogens with zero attached hydrogens (tertiary/aromatic N) is 4. The van der Waals surface area contributed by atoms with Gasteiger partial charge in [0.25, 0.3) is 5.91 Å². The largest absolute Gasteiger partial charge is 0.508 e. The minimum atomic E-state index is -0.175. The zero-order valence-electron chi connectivity index (χ0n) is 11.5. The maximum Gasteiger partial charge on any atom is 0.262 e. The number of aromatic nitrogens is 3. The quantitative estimate of drug-likeness (QED) is 0.798. The summed E-state index contributed by atoms with van der Waals surface area (Å²) in [5, 5.41) is 13.7. The van der Waals surface area contributed by atoms with Gasteiger partial charge in [-0.25, -0.2) is 4.52 Å². The molecular formula is C15H14N4O2. The van der Waals surface area contributed by atoms with Crippen molar-refractivity contribution in [2.75, 3.05) is 11.4 Å². The number of carbonyl (C=O) groups is 1. The Balaban J connectivity index is 2.03. The van der Waals surface area contributed by atoms with Crippen molar-refractivity contribution in [3.05, 3.63) is 54.6 Å². The summed E-state index contributed by atoms with van der Waals surface area (Å²) in [5.74, 6) is -0.0496. The average Bonchev–Trinajstić information content (AvgIpc) is 2.92. The van der Waals surface area contributed by atoms with E-state index in [1.807, 2.05) is 6.92 Å². The van der Waals surface area contributed by atoms with Crippen molar-refractivity contribution in [3.63, 3.8) is 0 Å². The zero-order chi connectivity index (χ0) is 14.8. The van der Waals surface area contributed by atoms with Crippen LogP contribution < -0.4 is 4.90 Å². The topological polar surface area (TPSA) is 70.7 Å². The van der Waals surface area contributed by atoms with Gasteiger partial charge in [-0.2, -0.15) is 5.10 Å². The molecule has 1 amide bonds. The van der Waals surface area contributed by atoms with Gasteiger partial charge in [-0.15, -0.1) is 0 Å². The Bertz CT molecular complexity index is 797. The number of hydrogen-bond acceptors (Lipinski definition) is 4. The summed E-state index contributed by atoms with van der Waals surface area (Å²) in [5.41, 5.74) is 1.78. The molecule has 106 valence electrons. The average molecular weight is 282 g/mol. The third kappa shape index (κ3) is 2.31. The van der Waals surface area contributed by atoms with E-state index in [0.29, 0.717) is 23.3 Å². The Morgan fingerprint density at radius 2 is 2.24 bits per heavy atom. The number of aromatic hydroxyl groups is 1. The van der Waals surface area contributed by atoms with Crippen molar-refractivity contribution in [2.45, 2.75) is 6.92 Å². The predicted molar refractivity (Wildman–Crippen MR) is 78.4 cm³/mol. The Labute approximate surface area is 121 Å². The molecule has 2 aromatic heterocycles. The third-order valence-corrected chi connectivity index (χ3v) is 3.26. The van der Waals surface area contributed by atoms with E-state index in [9.17, 15) is 9.90 Å². The minimum Gasteiger partial charge on any atom is -0.508 e. The molecule has 21 heavy (non-hydrogen) atoms. The van der Waals surface area contributed by atoms with E-state index in [0.717, 1.165) is 0 Å². The zero-order valence-corrected chi connectivity index (χ0v) is 11.5. The second-order valence-electron chi connectivity index (χ2n) is 4.53. The first-order valence-corrected chi connectivity index (χ1v) is 6.59. The molecule has 2 heterocycles. The lowest BCUT2D eigenvalue weighted by molar-refractivity contribution is 0.0990. The van der Waals surface area contributed by atoms with Crippen LogP contribution in [0, 0.1) is 0 Å². The summed E-state index contributed by atoms with van der Waals surface area (Å²) in [6.07, 6.45) is 6.44. The summed E-state index contributed by atoms with van der Waals surface area (Å²) in [7, 11) is 0. The van der Waals surface area contributed by atoms with Gasteiger partial charge in [-0.1, -0.05) is 6.07 Å². The van der Waals surface area contributed by atoms with Gasteiger partial charge in [0.2, 0.25) is 0 Å². The van der Waals surface area contributed by atoms with Crippen LogP contribution in [0.5, 0.6) is 5.75 Å². The summed E-state index contributed by atoms with van der Waals surface area (Å²) in [6.45, 7) is 2.37. The molecule has 0 saturated heterocycles. The van der Waals surface area contributed by atoms with Crippen LogP contribution in [0.15, 0.2) is 49.1 Å². The molecule has 0 unspecified atom stereocenters.